The molecule has 0 unspecified atom stereocenters. The number of carbonyl (C=O) groups excluding carboxylic acids is 1. The van der Waals surface area contributed by atoms with Gasteiger partial charge >= 0.3 is 5.69 Å². The van der Waals surface area contributed by atoms with E-state index >= 15 is 0 Å². The fraction of sp³-hybridized carbons (Fsp3) is 0.0714. The molecule has 0 aliphatic heterocycles. The topological polar surface area (TPSA) is 69.4 Å². The van der Waals surface area contributed by atoms with Gasteiger partial charge in [0.15, 0.2) is 11.6 Å². The molecular weight excluding hydrogens is 265 g/mol. The van der Waals surface area contributed by atoms with Crippen molar-refractivity contribution < 1.29 is 18.8 Å². The van der Waals surface area contributed by atoms with Crippen LogP contribution in [0.4, 0.5) is 10.1 Å². The van der Waals surface area contributed by atoms with Crippen molar-refractivity contribution in [2.24, 2.45) is 0 Å². The van der Waals surface area contributed by atoms with Crippen molar-refractivity contribution >= 4 is 12.0 Å². The van der Waals surface area contributed by atoms with Gasteiger partial charge in [-0.3, -0.25) is 14.9 Å². The van der Waals surface area contributed by atoms with E-state index in [2.05, 4.69) is 0 Å². The highest BCUT2D eigenvalue weighted by Crippen LogP contribution is 2.33. The lowest BCUT2D eigenvalue weighted by Gasteiger charge is -2.08. The molecule has 0 radical (unpaired) electrons. The molecule has 0 atom stereocenters. The fourth-order valence-corrected chi connectivity index (χ4v) is 1.65. The molecule has 2 aromatic rings. The van der Waals surface area contributed by atoms with Crippen LogP contribution in [0.25, 0.3) is 0 Å². The summed E-state index contributed by atoms with van der Waals surface area (Å²) < 4.78 is 19.1. The Morgan fingerprint density at radius 1 is 1.25 bits per heavy atom. The molecule has 0 aliphatic carbocycles. The first kappa shape index (κ1) is 13.7. The van der Waals surface area contributed by atoms with Crippen LogP contribution >= 0.6 is 0 Å². The van der Waals surface area contributed by atoms with Gasteiger partial charge in [-0.05, 0) is 30.7 Å². The molecule has 6 heteroatoms. The molecule has 0 spiro atoms. The van der Waals surface area contributed by atoms with Gasteiger partial charge in [0.1, 0.15) is 6.29 Å². The smallest absolute Gasteiger partial charge is 0.312 e. The summed E-state index contributed by atoms with van der Waals surface area (Å²) in [6.07, 6.45) is 0.490. The number of hydrogen-bond donors (Lipinski definition) is 0. The molecule has 0 amide bonds. The minimum absolute atomic E-state index is 0.105. The van der Waals surface area contributed by atoms with Crippen LogP contribution in [0.5, 0.6) is 11.5 Å². The van der Waals surface area contributed by atoms with E-state index in [0.717, 1.165) is 6.07 Å². The van der Waals surface area contributed by atoms with Gasteiger partial charge in [0, 0.05) is 11.6 Å². The van der Waals surface area contributed by atoms with Crippen molar-refractivity contribution in [3.63, 3.8) is 0 Å². The van der Waals surface area contributed by atoms with E-state index in [1.165, 1.54) is 18.2 Å². The highest BCUT2D eigenvalue weighted by Gasteiger charge is 2.18. The van der Waals surface area contributed by atoms with Crippen molar-refractivity contribution in [1.82, 2.24) is 0 Å². The molecule has 102 valence electrons. The Balaban J connectivity index is 2.45. The molecule has 20 heavy (non-hydrogen) atoms. The third-order valence-electron chi connectivity index (χ3n) is 2.69. The number of benzene rings is 2. The van der Waals surface area contributed by atoms with Gasteiger partial charge in [-0.1, -0.05) is 12.1 Å². The zero-order valence-electron chi connectivity index (χ0n) is 10.5. The second-order valence-corrected chi connectivity index (χ2v) is 4.09. The highest BCUT2D eigenvalue weighted by atomic mass is 19.1. The van der Waals surface area contributed by atoms with Crippen LogP contribution in [0.2, 0.25) is 0 Å². The largest absolute Gasteiger partial charge is 0.447 e. The van der Waals surface area contributed by atoms with Crippen molar-refractivity contribution in [2.45, 2.75) is 6.92 Å². The summed E-state index contributed by atoms with van der Waals surface area (Å²) in [6, 6.07) is 8.23. The normalized spacial score (nSPS) is 10.1. The van der Waals surface area contributed by atoms with Crippen LogP contribution in [0, 0.1) is 22.9 Å². The molecule has 0 aromatic heterocycles. The summed E-state index contributed by atoms with van der Waals surface area (Å²) in [7, 11) is 0. The van der Waals surface area contributed by atoms with Gasteiger partial charge in [-0.25, -0.2) is 4.39 Å². The molecule has 2 aromatic carbocycles. The van der Waals surface area contributed by atoms with Crippen LogP contribution in [0.1, 0.15) is 15.9 Å². The van der Waals surface area contributed by atoms with Gasteiger partial charge in [0.25, 0.3) is 0 Å². The zero-order chi connectivity index (χ0) is 14.7. The predicted octanol–water partition coefficient (Wildman–Crippen LogP) is 3.65. The monoisotopic (exact) mass is 275 g/mol. The van der Waals surface area contributed by atoms with Crippen LogP contribution in [-0.2, 0) is 0 Å². The van der Waals surface area contributed by atoms with E-state index in [-0.39, 0.29) is 17.1 Å². The van der Waals surface area contributed by atoms with E-state index < -0.39 is 16.4 Å². The van der Waals surface area contributed by atoms with Gasteiger partial charge in [-0.15, -0.1) is 0 Å². The van der Waals surface area contributed by atoms with Crippen LogP contribution in [0.15, 0.2) is 36.4 Å². The first-order valence-electron chi connectivity index (χ1n) is 5.69. The molecule has 5 nitrogen and oxygen atoms in total. The summed E-state index contributed by atoms with van der Waals surface area (Å²) in [5.74, 6) is -0.807. The first-order chi connectivity index (χ1) is 9.52. The molecule has 0 fully saturated rings. The number of nitro benzene ring substituents is 1. The number of nitro groups is 1. The average Bonchev–Trinajstić information content (AvgIpc) is 2.44. The second kappa shape index (κ2) is 5.48. The Morgan fingerprint density at radius 3 is 2.65 bits per heavy atom. The van der Waals surface area contributed by atoms with E-state index in [9.17, 15) is 19.3 Å². The SMILES string of the molecule is Cc1cccc(Oc2ccc(C=O)cc2[N+](=O)[O-])c1F. The maximum absolute atomic E-state index is 13.8. The number of carbonyl (C=O) groups is 1. The third kappa shape index (κ3) is 2.64. The summed E-state index contributed by atoms with van der Waals surface area (Å²) >= 11 is 0. The standard InChI is InChI=1S/C14H10FNO4/c1-9-3-2-4-13(14(9)15)20-12-6-5-10(8-17)7-11(12)16(18)19/h2-8H,1H3. The van der Waals surface area contributed by atoms with Gasteiger partial charge < -0.3 is 4.74 Å². The number of hydrogen-bond acceptors (Lipinski definition) is 4. The zero-order valence-corrected chi connectivity index (χ0v) is 10.5. The molecule has 2 rings (SSSR count). The van der Waals surface area contributed by atoms with E-state index in [4.69, 9.17) is 4.74 Å². The maximum Gasteiger partial charge on any atom is 0.312 e. The minimum atomic E-state index is -0.684. The van der Waals surface area contributed by atoms with E-state index in [1.807, 2.05) is 0 Å². The lowest BCUT2D eigenvalue weighted by molar-refractivity contribution is -0.385. The van der Waals surface area contributed by atoms with Crippen LogP contribution in [0.3, 0.4) is 0 Å². The number of aryl methyl sites for hydroxylation is 1. The van der Waals surface area contributed by atoms with E-state index in [1.54, 1.807) is 19.1 Å². The molecule has 0 saturated heterocycles. The molecule has 0 heterocycles. The Kier molecular flexibility index (Phi) is 3.74. The summed E-state index contributed by atoms with van der Waals surface area (Å²) in [6.45, 7) is 1.56. The fourth-order valence-electron chi connectivity index (χ4n) is 1.65. The van der Waals surface area contributed by atoms with Crippen LogP contribution in [-0.4, -0.2) is 11.2 Å². The lowest BCUT2D eigenvalue weighted by Crippen LogP contribution is -1.97. The van der Waals surface area contributed by atoms with Gasteiger partial charge in [0.05, 0.1) is 4.92 Å². The van der Waals surface area contributed by atoms with Gasteiger partial charge in [0.2, 0.25) is 5.75 Å². The maximum atomic E-state index is 13.8. The quantitative estimate of drug-likeness (QED) is 0.485. The van der Waals surface area contributed by atoms with Crippen molar-refractivity contribution in [1.29, 1.82) is 0 Å². The van der Waals surface area contributed by atoms with Crippen LogP contribution < -0.4 is 4.74 Å². The Labute approximate surface area is 113 Å². The molecule has 0 saturated carbocycles. The van der Waals surface area contributed by atoms with E-state index in [0.29, 0.717) is 11.8 Å². The van der Waals surface area contributed by atoms with Crippen molar-refractivity contribution in [3.8, 4) is 11.5 Å². The Morgan fingerprint density at radius 2 is 2.00 bits per heavy atom. The summed E-state index contributed by atoms with van der Waals surface area (Å²) in [5, 5.41) is 10.9. The third-order valence-corrected chi connectivity index (χ3v) is 2.69. The lowest BCUT2D eigenvalue weighted by atomic mass is 10.2. The minimum Gasteiger partial charge on any atom is -0.447 e. The summed E-state index contributed by atoms with van der Waals surface area (Å²) in [5.41, 5.74) is 0.124. The molecular formula is C14H10FNO4. The number of halogens is 1. The highest BCUT2D eigenvalue weighted by molar-refractivity contribution is 5.77. The Bertz CT molecular complexity index is 685. The Hall–Kier alpha value is -2.76. The molecule has 0 bridgehead atoms. The van der Waals surface area contributed by atoms with Gasteiger partial charge in [-0.2, -0.15) is 0 Å². The molecule has 0 aliphatic rings. The van der Waals surface area contributed by atoms with Crippen molar-refractivity contribution in [3.05, 3.63) is 63.5 Å². The number of ether oxygens (including phenoxy) is 1. The number of nitrogens with zero attached hydrogens (tertiary/aromatic N) is 1. The first-order valence-corrected chi connectivity index (χ1v) is 5.69. The summed E-state index contributed by atoms with van der Waals surface area (Å²) in [4.78, 5) is 20.9. The second-order valence-electron chi connectivity index (χ2n) is 4.09. The predicted molar refractivity (Wildman–Crippen MR) is 69.7 cm³/mol. The van der Waals surface area contributed by atoms with Crippen molar-refractivity contribution in [2.75, 3.05) is 0 Å². The number of rotatable bonds is 4. The number of aldehydes is 1. The average molecular weight is 275 g/mol. The molecule has 0 N–H and O–H groups in total.